The normalized spacial score (nSPS) is 12.4. The van der Waals surface area contributed by atoms with Crippen molar-refractivity contribution in [2.24, 2.45) is 0 Å². The Bertz CT molecular complexity index is 99.9. The first-order valence-corrected chi connectivity index (χ1v) is 6.26. The SMILES string of the molecule is CC=CC[Si](C)CC=CC. The fraction of sp³-hybridized carbons (Fsp3) is 0.556. The van der Waals surface area contributed by atoms with E-state index in [0.29, 0.717) is 0 Å². The second-order valence-electron chi connectivity index (χ2n) is 2.50. The Labute approximate surface area is 66.3 Å². The van der Waals surface area contributed by atoms with E-state index in [1.165, 1.54) is 12.1 Å². The highest BCUT2D eigenvalue weighted by molar-refractivity contribution is 6.58. The fourth-order valence-corrected chi connectivity index (χ4v) is 2.16. The maximum absolute atomic E-state index is 2.38. The monoisotopic (exact) mass is 153 g/mol. The summed E-state index contributed by atoms with van der Waals surface area (Å²) in [7, 11) is -0.0885. The van der Waals surface area contributed by atoms with Gasteiger partial charge in [-0.3, -0.25) is 0 Å². The van der Waals surface area contributed by atoms with Crippen molar-refractivity contribution in [3.8, 4) is 0 Å². The van der Waals surface area contributed by atoms with Gasteiger partial charge in [-0.25, -0.2) is 0 Å². The molecule has 0 rings (SSSR count). The topological polar surface area (TPSA) is 0 Å². The van der Waals surface area contributed by atoms with Gasteiger partial charge in [-0.05, 0) is 25.9 Å². The Morgan fingerprint density at radius 1 is 1.00 bits per heavy atom. The first-order chi connectivity index (χ1) is 4.81. The molecule has 57 valence electrons. The van der Waals surface area contributed by atoms with E-state index in [9.17, 15) is 0 Å². The molecule has 0 aliphatic carbocycles. The lowest BCUT2D eigenvalue weighted by Gasteiger charge is -1.99. The lowest BCUT2D eigenvalue weighted by Crippen LogP contribution is -2.01. The van der Waals surface area contributed by atoms with Crippen molar-refractivity contribution in [1.82, 2.24) is 0 Å². The minimum absolute atomic E-state index is 0.0885. The Balaban J connectivity index is 3.33. The van der Waals surface area contributed by atoms with Crippen molar-refractivity contribution in [1.29, 1.82) is 0 Å². The third kappa shape index (κ3) is 5.83. The first kappa shape index (κ1) is 9.70. The number of allylic oxidation sites excluding steroid dienone is 4. The first-order valence-electron chi connectivity index (χ1n) is 3.84. The van der Waals surface area contributed by atoms with E-state index >= 15 is 0 Å². The standard InChI is InChI=1S/C9H17Si/c1-4-6-8-10(3)9-7-5-2/h4-7H,8-9H2,1-3H3. The molecule has 1 radical (unpaired) electrons. The largest absolute Gasteiger partial charge is 0.0920 e. The maximum Gasteiger partial charge on any atom is 0.0525 e. The molecule has 0 saturated carbocycles. The van der Waals surface area contributed by atoms with Crippen molar-refractivity contribution < 1.29 is 0 Å². The van der Waals surface area contributed by atoms with Crippen molar-refractivity contribution >= 4 is 8.80 Å². The predicted octanol–water partition coefficient (Wildman–Crippen LogP) is 3.26. The van der Waals surface area contributed by atoms with E-state index in [-0.39, 0.29) is 8.80 Å². The van der Waals surface area contributed by atoms with Gasteiger partial charge in [0.05, 0.1) is 8.80 Å². The van der Waals surface area contributed by atoms with Crippen LogP contribution >= 0.6 is 0 Å². The quantitative estimate of drug-likeness (QED) is 0.429. The third-order valence-electron chi connectivity index (χ3n) is 1.40. The van der Waals surface area contributed by atoms with E-state index in [4.69, 9.17) is 0 Å². The van der Waals surface area contributed by atoms with Gasteiger partial charge in [-0.15, -0.1) is 0 Å². The van der Waals surface area contributed by atoms with Crippen LogP contribution in [-0.2, 0) is 0 Å². The van der Waals surface area contributed by atoms with Crippen LogP contribution < -0.4 is 0 Å². The minimum atomic E-state index is -0.0885. The van der Waals surface area contributed by atoms with Crippen LogP contribution in [0, 0.1) is 0 Å². The summed E-state index contributed by atoms with van der Waals surface area (Å²) in [6, 6.07) is 2.62. The molecule has 0 bridgehead atoms. The smallest absolute Gasteiger partial charge is 0.0525 e. The Morgan fingerprint density at radius 3 is 1.70 bits per heavy atom. The molecule has 1 heteroatoms. The van der Waals surface area contributed by atoms with E-state index in [1.807, 2.05) is 0 Å². The van der Waals surface area contributed by atoms with E-state index in [1.54, 1.807) is 0 Å². The van der Waals surface area contributed by atoms with Crippen LogP contribution in [0.15, 0.2) is 24.3 Å². The molecule has 0 amide bonds. The average molecular weight is 153 g/mol. The highest BCUT2D eigenvalue weighted by Crippen LogP contribution is 2.00. The van der Waals surface area contributed by atoms with Gasteiger partial charge >= 0.3 is 0 Å². The molecule has 10 heavy (non-hydrogen) atoms. The summed E-state index contributed by atoms with van der Waals surface area (Å²) < 4.78 is 0. The summed E-state index contributed by atoms with van der Waals surface area (Å²) in [5.41, 5.74) is 0. The van der Waals surface area contributed by atoms with Crippen LogP contribution in [0.1, 0.15) is 13.8 Å². The molecule has 0 fully saturated rings. The van der Waals surface area contributed by atoms with Crippen LogP contribution in [-0.4, -0.2) is 8.80 Å². The van der Waals surface area contributed by atoms with Gasteiger partial charge < -0.3 is 0 Å². The zero-order valence-corrected chi connectivity index (χ0v) is 8.22. The zero-order valence-electron chi connectivity index (χ0n) is 7.22. The fourth-order valence-electron chi connectivity index (χ4n) is 0.721. The molecule has 0 aromatic heterocycles. The molecule has 0 aliphatic heterocycles. The number of hydrogen-bond acceptors (Lipinski definition) is 0. The lowest BCUT2D eigenvalue weighted by molar-refractivity contribution is 1.48. The van der Waals surface area contributed by atoms with Crippen molar-refractivity contribution in [2.45, 2.75) is 32.5 Å². The molecule has 0 aliphatic rings. The van der Waals surface area contributed by atoms with Crippen molar-refractivity contribution in [3.63, 3.8) is 0 Å². The maximum atomic E-state index is 2.38. The summed E-state index contributed by atoms with van der Waals surface area (Å²) in [6.45, 7) is 6.56. The van der Waals surface area contributed by atoms with Gasteiger partial charge in [0, 0.05) is 0 Å². The minimum Gasteiger partial charge on any atom is -0.0920 e. The van der Waals surface area contributed by atoms with E-state index in [2.05, 4.69) is 44.7 Å². The molecule has 0 N–H and O–H groups in total. The van der Waals surface area contributed by atoms with Gasteiger partial charge in [0.2, 0.25) is 0 Å². The van der Waals surface area contributed by atoms with Crippen LogP contribution in [0.2, 0.25) is 18.6 Å². The molecular weight excluding hydrogens is 136 g/mol. The second kappa shape index (κ2) is 6.81. The summed E-state index contributed by atoms with van der Waals surface area (Å²) in [4.78, 5) is 0. The molecule has 0 saturated heterocycles. The molecule has 0 nitrogen and oxygen atoms in total. The van der Waals surface area contributed by atoms with Crippen molar-refractivity contribution in [3.05, 3.63) is 24.3 Å². The van der Waals surface area contributed by atoms with Gasteiger partial charge in [-0.1, -0.05) is 30.9 Å². The summed E-state index contributed by atoms with van der Waals surface area (Å²) in [6.07, 6.45) is 8.84. The summed E-state index contributed by atoms with van der Waals surface area (Å²) >= 11 is 0. The molecule has 0 atom stereocenters. The Morgan fingerprint density at radius 2 is 1.40 bits per heavy atom. The summed E-state index contributed by atoms with van der Waals surface area (Å²) in [5, 5.41) is 0. The Kier molecular flexibility index (Phi) is 6.61. The lowest BCUT2D eigenvalue weighted by atomic mass is 10.6. The highest BCUT2D eigenvalue weighted by Gasteiger charge is 1.96. The molecular formula is C9H17Si. The predicted molar refractivity (Wildman–Crippen MR) is 50.9 cm³/mol. The van der Waals surface area contributed by atoms with Crippen LogP contribution in [0.4, 0.5) is 0 Å². The van der Waals surface area contributed by atoms with Gasteiger partial charge in [0.1, 0.15) is 0 Å². The van der Waals surface area contributed by atoms with Crippen LogP contribution in [0.3, 0.4) is 0 Å². The Hall–Kier alpha value is -0.303. The highest BCUT2D eigenvalue weighted by atomic mass is 28.3. The zero-order chi connectivity index (χ0) is 7.82. The summed E-state index contributed by atoms with van der Waals surface area (Å²) in [5.74, 6) is 0. The molecule has 0 heterocycles. The van der Waals surface area contributed by atoms with Gasteiger partial charge in [-0.2, -0.15) is 0 Å². The molecule has 0 aromatic rings. The van der Waals surface area contributed by atoms with Crippen LogP contribution in [0.25, 0.3) is 0 Å². The number of hydrogen-bond donors (Lipinski definition) is 0. The number of rotatable bonds is 4. The van der Waals surface area contributed by atoms with E-state index < -0.39 is 0 Å². The molecule has 0 spiro atoms. The molecule has 0 unspecified atom stereocenters. The average Bonchev–Trinajstić information content (AvgIpc) is 1.97. The molecule has 0 aromatic carbocycles. The second-order valence-corrected chi connectivity index (χ2v) is 5.23. The third-order valence-corrected chi connectivity index (χ3v) is 3.27. The van der Waals surface area contributed by atoms with Gasteiger partial charge in [0.25, 0.3) is 0 Å². The van der Waals surface area contributed by atoms with E-state index in [0.717, 1.165) is 0 Å². The van der Waals surface area contributed by atoms with Gasteiger partial charge in [0.15, 0.2) is 0 Å². The van der Waals surface area contributed by atoms with Crippen molar-refractivity contribution in [2.75, 3.05) is 0 Å². The van der Waals surface area contributed by atoms with Crippen LogP contribution in [0.5, 0.6) is 0 Å².